The van der Waals surface area contributed by atoms with Gasteiger partial charge in [-0.15, -0.1) is 0 Å². The molecule has 9 aromatic carbocycles. The van der Waals surface area contributed by atoms with Crippen LogP contribution in [0.2, 0.25) is 0 Å². The third kappa shape index (κ3) is 5.19. The van der Waals surface area contributed by atoms with E-state index in [0.29, 0.717) is 0 Å². The van der Waals surface area contributed by atoms with Gasteiger partial charge in [0.15, 0.2) is 0 Å². The van der Waals surface area contributed by atoms with Gasteiger partial charge in [0.05, 0.1) is 11.0 Å². The zero-order valence-corrected chi connectivity index (χ0v) is 28.0. The Kier molecular flexibility index (Phi) is 6.89. The zero-order chi connectivity index (χ0) is 33.7. The molecule has 10 aromatic rings. The number of para-hydroxylation sites is 1. The van der Waals surface area contributed by atoms with Crippen LogP contribution in [0.4, 0.5) is 0 Å². The van der Waals surface area contributed by atoms with E-state index < -0.39 is 0 Å². The highest BCUT2D eigenvalue weighted by Crippen LogP contribution is 2.38. The number of rotatable bonds is 5. The Hall–Kier alpha value is -6.70. The summed E-state index contributed by atoms with van der Waals surface area (Å²) in [5.41, 5.74) is 13.3. The molecule has 0 aliphatic heterocycles. The molecule has 0 spiro atoms. The van der Waals surface area contributed by atoms with Gasteiger partial charge in [0.1, 0.15) is 0 Å². The molecule has 0 N–H and O–H groups in total. The highest BCUT2D eigenvalue weighted by molar-refractivity contribution is 6.11. The van der Waals surface area contributed by atoms with E-state index in [0.717, 1.165) is 5.69 Å². The third-order valence-corrected chi connectivity index (χ3v) is 10.4. The molecule has 0 fully saturated rings. The van der Waals surface area contributed by atoms with Gasteiger partial charge in [-0.25, -0.2) is 0 Å². The van der Waals surface area contributed by atoms with Gasteiger partial charge < -0.3 is 4.57 Å². The van der Waals surface area contributed by atoms with E-state index in [1.165, 1.54) is 87.9 Å². The largest absolute Gasteiger partial charge is 0.309 e. The van der Waals surface area contributed by atoms with Crippen LogP contribution in [0.5, 0.6) is 0 Å². The van der Waals surface area contributed by atoms with E-state index in [-0.39, 0.29) is 0 Å². The fraction of sp³-hybridized carbons (Fsp3) is 0. The Labute approximate surface area is 297 Å². The molecule has 0 amide bonds. The maximum absolute atomic E-state index is 2.39. The van der Waals surface area contributed by atoms with E-state index in [1.54, 1.807) is 0 Å². The van der Waals surface area contributed by atoms with Gasteiger partial charge in [0.25, 0.3) is 0 Å². The number of hydrogen-bond donors (Lipinski definition) is 0. The monoisotopic (exact) mass is 647 g/mol. The Morgan fingerprint density at radius 3 is 1.00 bits per heavy atom. The first-order valence-corrected chi connectivity index (χ1v) is 17.6. The van der Waals surface area contributed by atoms with Crippen LogP contribution in [0, 0.1) is 0 Å². The third-order valence-electron chi connectivity index (χ3n) is 10.4. The van der Waals surface area contributed by atoms with Crippen molar-refractivity contribution in [1.82, 2.24) is 4.57 Å². The van der Waals surface area contributed by atoms with Crippen molar-refractivity contribution in [2.75, 3.05) is 0 Å². The first kappa shape index (κ1) is 29.2. The maximum atomic E-state index is 2.39. The molecule has 1 nitrogen and oxygen atoms in total. The van der Waals surface area contributed by atoms with Crippen LogP contribution in [0.3, 0.4) is 0 Å². The Bertz CT molecular complexity index is 2700. The maximum Gasteiger partial charge on any atom is 0.0541 e. The second-order valence-electron chi connectivity index (χ2n) is 13.4. The summed E-state index contributed by atoms with van der Waals surface area (Å²) in [6.07, 6.45) is 0. The summed E-state index contributed by atoms with van der Waals surface area (Å²) in [4.78, 5) is 0. The molecule has 10 rings (SSSR count). The van der Waals surface area contributed by atoms with E-state index in [2.05, 4.69) is 205 Å². The Balaban J connectivity index is 1.05. The molecule has 1 aromatic heterocycles. The fourth-order valence-electron chi connectivity index (χ4n) is 7.69. The van der Waals surface area contributed by atoms with Crippen molar-refractivity contribution in [3.8, 4) is 50.2 Å². The average Bonchev–Trinajstić information content (AvgIpc) is 3.54. The summed E-state index contributed by atoms with van der Waals surface area (Å²) in [7, 11) is 0. The number of fused-ring (bicyclic) bond motifs is 5. The predicted molar refractivity (Wildman–Crippen MR) is 218 cm³/mol. The van der Waals surface area contributed by atoms with Gasteiger partial charge in [-0.2, -0.15) is 0 Å². The molecule has 51 heavy (non-hydrogen) atoms. The molecule has 1 heterocycles. The SMILES string of the molecule is c1ccc(-n2c3ccc(-c4ccc(-c5ccc6ccccc6c5)cc4)cc3c3cc(-c4ccc(-c5ccc6ccccc6c5)cc4)ccc32)cc1. The lowest BCUT2D eigenvalue weighted by molar-refractivity contribution is 1.18. The van der Waals surface area contributed by atoms with Crippen LogP contribution in [-0.2, 0) is 0 Å². The predicted octanol–water partition coefficient (Wildman–Crippen LogP) is 13.8. The quantitative estimate of drug-likeness (QED) is 0.175. The van der Waals surface area contributed by atoms with Crippen LogP contribution in [-0.4, -0.2) is 4.57 Å². The van der Waals surface area contributed by atoms with Crippen LogP contribution in [0.15, 0.2) is 200 Å². The highest BCUT2D eigenvalue weighted by atomic mass is 15.0. The Morgan fingerprint density at radius 2 is 0.569 bits per heavy atom. The minimum Gasteiger partial charge on any atom is -0.309 e. The molecule has 0 radical (unpaired) electrons. The van der Waals surface area contributed by atoms with E-state index in [4.69, 9.17) is 0 Å². The minimum absolute atomic E-state index is 1.16. The molecule has 0 saturated carbocycles. The fourth-order valence-corrected chi connectivity index (χ4v) is 7.69. The summed E-state index contributed by atoms with van der Waals surface area (Å²) in [6, 6.07) is 73.0. The van der Waals surface area contributed by atoms with Gasteiger partial charge in [0, 0.05) is 16.5 Å². The van der Waals surface area contributed by atoms with Crippen molar-refractivity contribution in [1.29, 1.82) is 0 Å². The number of nitrogens with zero attached hydrogens (tertiary/aromatic N) is 1. The first-order valence-electron chi connectivity index (χ1n) is 17.6. The molecule has 0 aliphatic carbocycles. The normalized spacial score (nSPS) is 11.5. The Morgan fingerprint density at radius 1 is 0.235 bits per heavy atom. The molecule has 0 aliphatic rings. The summed E-state index contributed by atoms with van der Waals surface area (Å²) >= 11 is 0. The van der Waals surface area contributed by atoms with Crippen LogP contribution in [0.1, 0.15) is 0 Å². The summed E-state index contributed by atoms with van der Waals surface area (Å²) in [5.74, 6) is 0. The second-order valence-corrected chi connectivity index (χ2v) is 13.4. The summed E-state index contributed by atoms with van der Waals surface area (Å²) < 4.78 is 2.39. The van der Waals surface area contributed by atoms with Crippen LogP contribution >= 0.6 is 0 Å². The number of hydrogen-bond acceptors (Lipinski definition) is 0. The minimum atomic E-state index is 1.16. The smallest absolute Gasteiger partial charge is 0.0541 e. The molecular weight excluding hydrogens is 615 g/mol. The standard InChI is InChI=1S/C50H33N/c1-2-12-46(13-3-1)51-49-28-26-44(38-18-14-36(15-19-38)42-24-22-34-8-4-6-10-40(34)30-42)32-47(49)48-33-45(27-29-50(48)51)39-20-16-37(17-21-39)43-25-23-35-9-5-7-11-41(35)31-43/h1-33H. The van der Waals surface area contributed by atoms with Crippen molar-refractivity contribution in [2.45, 2.75) is 0 Å². The molecular formula is C50H33N. The lowest BCUT2D eigenvalue weighted by atomic mass is 9.96. The molecule has 238 valence electrons. The highest BCUT2D eigenvalue weighted by Gasteiger charge is 2.15. The van der Waals surface area contributed by atoms with E-state index in [1.807, 2.05) is 0 Å². The number of aromatic nitrogens is 1. The van der Waals surface area contributed by atoms with Crippen LogP contribution in [0.25, 0.3) is 93.5 Å². The summed E-state index contributed by atoms with van der Waals surface area (Å²) in [5, 5.41) is 7.56. The van der Waals surface area contributed by atoms with Gasteiger partial charge >= 0.3 is 0 Å². The van der Waals surface area contributed by atoms with Crippen molar-refractivity contribution in [2.24, 2.45) is 0 Å². The molecule has 1 heteroatoms. The zero-order valence-electron chi connectivity index (χ0n) is 28.0. The van der Waals surface area contributed by atoms with Gasteiger partial charge in [0.2, 0.25) is 0 Å². The van der Waals surface area contributed by atoms with E-state index in [9.17, 15) is 0 Å². The molecule has 0 atom stereocenters. The van der Waals surface area contributed by atoms with Gasteiger partial charge in [-0.3, -0.25) is 0 Å². The topological polar surface area (TPSA) is 4.93 Å². The van der Waals surface area contributed by atoms with Crippen molar-refractivity contribution < 1.29 is 0 Å². The van der Waals surface area contributed by atoms with Crippen molar-refractivity contribution >= 4 is 43.4 Å². The number of benzene rings is 9. The molecule has 0 saturated heterocycles. The molecule has 0 unspecified atom stereocenters. The van der Waals surface area contributed by atoms with Gasteiger partial charge in [-0.05, 0) is 115 Å². The first-order chi connectivity index (χ1) is 25.2. The lowest BCUT2D eigenvalue weighted by Gasteiger charge is -2.09. The van der Waals surface area contributed by atoms with Gasteiger partial charge in [-0.1, -0.05) is 152 Å². The lowest BCUT2D eigenvalue weighted by Crippen LogP contribution is -1.93. The van der Waals surface area contributed by atoms with E-state index >= 15 is 0 Å². The van der Waals surface area contributed by atoms with Crippen molar-refractivity contribution in [3.63, 3.8) is 0 Å². The van der Waals surface area contributed by atoms with Crippen molar-refractivity contribution in [3.05, 3.63) is 200 Å². The second kappa shape index (κ2) is 12.0. The summed E-state index contributed by atoms with van der Waals surface area (Å²) in [6.45, 7) is 0. The molecule has 0 bridgehead atoms. The van der Waals surface area contributed by atoms with Crippen LogP contribution < -0.4 is 0 Å². The average molecular weight is 648 g/mol.